The van der Waals surface area contributed by atoms with Gasteiger partial charge in [0.1, 0.15) is 28.2 Å². The molecule has 1 aliphatic heterocycles. The number of carbonyl (C=O) groups is 2. The van der Waals surface area contributed by atoms with Gasteiger partial charge in [-0.3, -0.25) is 14.5 Å². The summed E-state index contributed by atoms with van der Waals surface area (Å²) in [6, 6.07) is 14.6. The van der Waals surface area contributed by atoms with Crippen molar-refractivity contribution >= 4 is 29.3 Å². The monoisotopic (exact) mass is 411 g/mol. The van der Waals surface area contributed by atoms with Gasteiger partial charge >= 0.3 is 0 Å². The summed E-state index contributed by atoms with van der Waals surface area (Å²) < 4.78 is 18.3. The van der Waals surface area contributed by atoms with Crippen LogP contribution < -0.4 is 15.0 Å². The summed E-state index contributed by atoms with van der Waals surface area (Å²) in [7, 11) is 2.96. The Hall–Kier alpha value is -3.31. The van der Waals surface area contributed by atoms with Gasteiger partial charge in [-0.25, -0.2) is 4.39 Å². The van der Waals surface area contributed by atoms with Crippen LogP contribution in [0.5, 0.6) is 5.75 Å². The van der Waals surface area contributed by atoms with E-state index in [1.165, 1.54) is 31.2 Å². The zero-order valence-corrected chi connectivity index (χ0v) is 16.6. The first-order valence-corrected chi connectivity index (χ1v) is 9.62. The number of hydrogen-bond donors (Lipinski definition) is 1. The van der Waals surface area contributed by atoms with Crippen LogP contribution in [-0.2, 0) is 16.0 Å². The average Bonchev–Trinajstić information content (AvgIpc) is 3.05. The molecular weight excluding hydrogens is 393 g/mol. The van der Waals surface area contributed by atoms with Crippen molar-refractivity contribution in [3.8, 4) is 11.8 Å². The van der Waals surface area contributed by atoms with Crippen LogP contribution in [0.3, 0.4) is 0 Å². The maximum Gasteiger partial charge on any atom is 0.264 e. The van der Waals surface area contributed by atoms with Gasteiger partial charge in [-0.2, -0.15) is 5.26 Å². The molecule has 0 bridgehead atoms. The number of rotatable bonds is 5. The third kappa shape index (κ3) is 4.25. The second-order valence-electron chi connectivity index (χ2n) is 6.18. The number of likely N-dealkylation sites (N-methyl/N-ethyl adjacent to an activating group) is 1. The number of methoxy groups -OCH3 is 1. The van der Waals surface area contributed by atoms with Gasteiger partial charge in [-0.1, -0.05) is 23.9 Å². The number of carbonyl (C=O) groups excluding carboxylic acids is 2. The second-order valence-corrected chi connectivity index (χ2v) is 7.37. The molecule has 148 valence electrons. The molecule has 8 heteroatoms. The zero-order chi connectivity index (χ0) is 21.0. The molecule has 29 heavy (non-hydrogen) atoms. The molecule has 1 N–H and O–H groups in total. The highest BCUT2D eigenvalue weighted by Crippen LogP contribution is 2.42. The van der Waals surface area contributed by atoms with Crippen molar-refractivity contribution in [1.29, 1.82) is 5.26 Å². The summed E-state index contributed by atoms with van der Waals surface area (Å²) in [5.41, 5.74) is 1.17. The smallest absolute Gasteiger partial charge is 0.264 e. The maximum atomic E-state index is 13.2. The van der Waals surface area contributed by atoms with E-state index in [1.807, 2.05) is 6.07 Å². The Morgan fingerprint density at radius 1 is 1.24 bits per heavy atom. The van der Waals surface area contributed by atoms with Gasteiger partial charge in [0, 0.05) is 12.7 Å². The number of hydrogen-bond acceptors (Lipinski definition) is 5. The molecule has 2 amide bonds. The molecule has 1 atom stereocenters. The van der Waals surface area contributed by atoms with Gasteiger partial charge in [-0.15, -0.1) is 0 Å². The largest absolute Gasteiger partial charge is 0.497 e. The van der Waals surface area contributed by atoms with Gasteiger partial charge < -0.3 is 10.1 Å². The van der Waals surface area contributed by atoms with E-state index in [9.17, 15) is 19.2 Å². The molecule has 1 heterocycles. The quantitative estimate of drug-likeness (QED) is 0.604. The molecule has 2 aromatic carbocycles. The predicted octanol–water partition coefficient (Wildman–Crippen LogP) is 3.01. The van der Waals surface area contributed by atoms with Crippen molar-refractivity contribution in [3.05, 3.63) is 70.5 Å². The Morgan fingerprint density at radius 2 is 1.90 bits per heavy atom. The minimum atomic E-state index is -0.566. The van der Waals surface area contributed by atoms with Crippen molar-refractivity contribution in [2.75, 3.05) is 19.1 Å². The van der Waals surface area contributed by atoms with Gasteiger partial charge in [0.2, 0.25) is 5.91 Å². The Bertz CT molecular complexity index is 997. The highest BCUT2D eigenvalue weighted by molar-refractivity contribution is 8.05. The number of nitriles is 1. The van der Waals surface area contributed by atoms with E-state index in [0.29, 0.717) is 17.9 Å². The Balaban J connectivity index is 2.02. The molecule has 1 fully saturated rings. The summed E-state index contributed by atoms with van der Waals surface area (Å²) in [4.78, 5) is 26.8. The number of nitrogens with one attached hydrogen (secondary N) is 1. The lowest BCUT2D eigenvalue weighted by atomic mass is 10.1. The molecule has 3 rings (SSSR count). The van der Waals surface area contributed by atoms with E-state index in [0.717, 1.165) is 17.3 Å². The SMILES string of the molecule is CNC(=O)/C(C#N)=C1\SC(Cc2ccc(F)cc2)C(=O)N1c1ccc(OC)cc1. The van der Waals surface area contributed by atoms with Gasteiger partial charge in [0.25, 0.3) is 5.91 Å². The van der Waals surface area contributed by atoms with Crippen LogP contribution in [0.2, 0.25) is 0 Å². The summed E-state index contributed by atoms with van der Waals surface area (Å²) in [6.45, 7) is 0. The number of benzene rings is 2. The molecule has 6 nitrogen and oxygen atoms in total. The van der Waals surface area contributed by atoms with Crippen molar-refractivity contribution in [3.63, 3.8) is 0 Å². The molecule has 1 saturated heterocycles. The molecular formula is C21H18FN3O3S. The van der Waals surface area contributed by atoms with Gasteiger partial charge in [-0.05, 0) is 48.4 Å². The number of thioether (sulfide) groups is 1. The molecule has 1 aliphatic rings. The van der Waals surface area contributed by atoms with E-state index >= 15 is 0 Å². The minimum Gasteiger partial charge on any atom is -0.497 e. The topological polar surface area (TPSA) is 82.4 Å². The van der Waals surface area contributed by atoms with E-state index in [4.69, 9.17) is 4.74 Å². The number of amides is 2. The first-order valence-electron chi connectivity index (χ1n) is 8.74. The molecule has 2 aromatic rings. The third-order valence-electron chi connectivity index (χ3n) is 4.40. The van der Waals surface area contributed by atoms with Crippen molar-refractivity contribution in [2.45, 2.75) is 11.7 Å². The summed E-state index contributed by atoms with van der Waals surface area (Å²) in [5, 5.41) is 11.7. The molecule has 0 radical (unpaired) electrons. The first-order chi connectivity index (χ1) is 14.0. The Kier molecular flexibility index (Phi) is 6.20. The molecule has 0 aromatic heterocycles. The number of anilines is 1. The molecule has 0 spiro atoms. The van der Waals surface area contributed by atoms with Crippen LogP contribution in [0.25, 0.3) is 0 Å². The molecule has 1 unspecified atom stereocenters. The lowest BCUT2D eigenvalue weighted by Gasteiger charge is -2.18. The Morgan fingerprint density at radius 3 is 2.45 bits per heavy atom. The van der Waals surface area contributed by atoms with Crippen LogP contribution >= 0.6 is 11.8 Å². The summed E-state index contributed by atoms with van der Waals surface area (Å²) >= 11 is 1.15. The van der Waals surface area contributed by atoms with Crippen molar-refractivity contribution in [2.24, 2.45) is 0 Å². The van der Waals surface area contributed by atoms with E-state index in [1.54, 1.807) is 36.4 Å². The number of halogens is 1. The first kappa shape index (κ1) is 20.4. The summed E-state index contributed by atoms with van der Waals surface area (Å²) in [6.07, 6.45) is 0.340. The fourth-order valence-corrected chi connectivity index (χ4v) is 4.22. The second kappa shape index (κ2) is 8.80. The molecule has 0 saturated carbocycles. The van der Waals surface area contributed by atoms with Crippen LogP contribution in [0.4, 0.5) is 10.1 Å². The van der Waals surface area contributed by atoms with Gasteiger partial charge in [0.05, 0.1) is 12.4 Å². The minimum absolute atomic E-state index is 0.136. The van der Waals surface area contributed by atoms with Crippen LogP contribution in [0.15, 0.2) is 59.1 Å². The Labute approximate surface area is 172 Å². The average molecular weight is 411 g/mol. The summed E-state index contributed by atoms with van der Waals surface area (Å²) in [5.74, 6) is -0.556. The number of nitrogens with zero attached hydrogens (tertiary/aromatic N) is 2. The van der Waals surface area contributed by atoms with E-state index in [-0.39, 0.29) is 22.3 Å². The normalized spacial score (nSPS) is 17.7. The maximum absolute atomic E-state index is 13.2. The standard InChI is InChI=1S/C21H18FN3O3S/c1-24-19(26)17(12-23)21-25(15-7-9-16(28-2)10-8-15)20(27)18(29-21)11-13-3-5-14(22)6-4-13/h3-10,18H,11H2,1-2H3,(H,24,26)/b21-17-. The lowest BCUT2D eigenvalue weighted by Crippen LogP contribution is -2.31. The lowest BCUT2D eigenvalue weighted by molar-refractivity contribution is -0.117. The predicted molar refractivity (Wildman–Crippen MR) is 109 cm³/mol. The fourth-order valence-electron chi connectivity index (χ4n) is 2.91. The highest BCUT2D eigenvalue weighted by Gasteiger charge is 2.40. The van der Waals surface area contributed by atoms with Crippen LogP contribution in [0, 0.1) is 17.1 Å². The van der Waals surface area contributed by atoms with Gasteiger partial charge in [0.15, 0.2) is 0 Å². The van der Waals surface area contributed by atoms with E-state index in [2.05, 4.69) is 5.32 Å². The fraction of sp³-hybridized carbons (Fsp3) is 0.190. The third-order valence-corrected chi connectivity index (χ3v) is 5.66. The van der Waals surface area contributed by atoms with E-state index < -0.39 is 11.2 Å². The highest BCUT2D eigenvalue weighted by atomic mass is 32.2. The molecule has 0 aliphatic carbocycles. The van der Waals surface area contributed by atoms with Crippen LogP contribution in [0.1, 0.15) is 5.56 Å². The zero-order valence-electron chi connectivity index (χ0n) is 15.8. The number of ether oxygens (including phenoxy) is 1. The van der Waals surface area contributed by atoms with Crippen LogP contribution in [-0.4, -0.2) is 31.2 Å². The van der Waals surface area contributed by atoms with Crippen molar-refractivity contribution in [1.82, 2.24) is 5.32 Å². The van der Waals surface area contributed by atoms with Crippen molar-refractivity contribution < 1.29 is 18.7 Å².